The van der Waals surface area contributed by atoms with Gasteiger partial charge in [-0.3, -0.25) is 4.79 Å². The number of H-pyrrole nitrogens is 1. The van der Waals surface area contributed by atoms with Gasteiger partial charge >= 0.3 is 6.03 Å². The van der Waals surface area contributed by atoms with Crippen LogP contribution < -0.4 is 26.2 Å². The molecule has 3 amide bonds. The van der Waals surface area contributed by atoms with Crippen LogP contribution in [0.4, 0.5) is 9.80 Å². The number of aromatic nitrogens is 3. The molecule has 1 aliphatic heterocycles. The van der Waals surface area contributed by atoms with Crippen molar-refractivity contribution in [1.29, 1.82) is 0 Å². The Morgan fingerprint density at radius 1 is 1.18 bits per heavy atom. The first-order chi connectivity index (χ1) is 16.0. The molecule has 1 saturated heterocycles. The summed E-state index contributed by atoms with van der Waals surface area (Å²) in [4.78, 5) is 39.8. The molecule has 176 valence electrons. The number of benzene rings is 1. The molecule has 0 radical (unpaired) electrons. The Morgan fingerprint density at radius 3 is 2.73 bits per heavy atom. The second kappa shape index (κ2) is 10.6. The largest absolute Gasteiger partial charge is 0.360 e. The molecule has 1 aliphatic rings. The quantitative estimate of drug-likeness (QED) is 0.321. The minimum atomic E-state index is -0.838. The van der Waals surface area contributed by atoms with Crippen molar-refractivity contribution in [2.24, 2.45) is 5.92 Å². The summed E-state index contributed by atoms with van der Waals surface area (Å²) in [6.45, 7) is 8.31. The Hall–Kier alpha value is -3.18. The Balaban J connectivity index is 1.48. The number of carbonyl (C=O) groups is 2. The van der Waals surface area contributed by atoms with Crippen LogP contribution in [0.1, 0.15) is 42.1 Å². The zero-order chi connectivity index (χ0) is 23.2. The molecular weight excluding hydrogens is 440 g/mol. The van der Waals surface area contributed by atoms with E-state index >= 15 is 0 Å². The lowest BCUT2D eigenvalue weighted by Gasteiger charge is -2.27. The zero-order valence-electron chi connectivity index (χ0n) is 18.9. The summed E-state index contributed by atoms with van der Waals surface area (Å²) in [7, 11) is 0. The van der Waals surface area contributed by atoms with Crippen LogP contribution in [0.25, 0.3) is 11.0 Å². The monoisotopic (exact) mass is 470 g/mol. The van der Waals surface area contributed by atoms with E-state index < -0.39 is 6.17 Å². The number of piperazine rings is 1. The molecule has 2 aromatic heterocycles. The van der Waals surface area contributed by atoms with Gasteiger partial charge in [-0.2, -0.15) is 0 Å². The third kappa shape index (κ3) is 5.99. The van der Waals surface area contributed by atoms with Crippen molar-refractivity contribution in [2.75, 3.05) is 37.6 Å². The van der Waals surface area contributed by atoms with E-state index in [0.29, 0.717) is 23.3 Å². The van der Waals surface area contributed by atoms with Crippen molar-refractivity contribution < 1.29 is 9.59 Å². The molecule has 1 fully saturated rings. The number of amides is 3. The Kier molecular flexibility index (Phi) is 7.40. The number of carbonyl (C=O) groups excluding carboxylic acids is 2. The van der Waals surface area contributed by atoms with Gasteiger partial charge in [0.1, 0.15) is 5.00 Å². The maximum absolute atomic E-state index is 13.0. The fourth-order valence-corrected chi connectivity index (χ4v) is 4.41. The van der Waals surface area contributed by atoms with Gasteiger partial charge in [0.2, 0.25) is 0 Å². The van der Waals surface area contributed by atoms with E-state index in [0.717, 1.165) is 48.6 Å². The predicted octanol–water partition coefficient (Wildman–Crippen LogP) is 2.20. The van der Waals surface area contributed by atoms with Gasteiger partial charge in [-0.05, 0) is 24.5 Å². The molecule has 10 nitrogen and oxygen atoms in total. The molecule has 0 bridgehead atoms. The minimum absolute atomic E-state index is 0.339. The number of imidazole rings is 1. The summed E-state index contributed by atoms with van der Waals surface area (Å²) in [5, 5.41) is 13.1. The average Bonchev–Trinajstić information content (AvgIpc) is 3.46. The van der Waals surface area contributed by atoms with E-state index in [-0.39, 0.29) is 11.9 Å². The normalized spacial score (nSPS) is 14.9. The number of rotatable bonds is 8. The number of para-hydroxylation sites is 2. The first-order valence-electron chi connectivity index (χ1n) is 11.2. The number of urea groups is 1. The molecule has 3 heterocycles. The van der Waals surface area contributed by atoms with E-state index in [9.17, 15) is 9.59 Å². The highest BCUT2D eigenvalue weighted by Gasteiger charge is 2.24. The first kappa shape index (κ1) is 23.0. The smallest absolute Gasteiger partial charge is 0.316 e. The third-order valence-corrected chi connectivity index (χ3v) is 6.41. The lowest BCUT2D eigenvalue weighted by atomic mass is 10.1. The molecular formula is C22H30N8O2S. The summed E-state index contributed by atoms with van der Waals surface area (Å²) in [6, 6.07) is 7.18. The van der Waals surface area contributed by atoms with E-state index in [1.807, 2.05) is 24.3 Å². The van der Waals surface area contributed by atoms with Crippen LogP contribution in [0.15, 0.2) is 30.5 Å². The van der Waals surface area contributed by atoms with Crippen LogP contribution >= 0.6 is 11.3 Å². The summed E-state index contributed by atoms with van der Waals surface area (Å²) < 4.78 is 0. The fourth-order valence-electron chi connectivity index (χ4n) is 3.53. The zero-order valence-corrected chi connectivity index (χ0v) is 19.7. The van der Waals surface area contributed by atoms with Crippen molar-refractivity contribution in [3.63, 3.8) is 0 Å². The number of thiazole rings is 1. The highest BCUT2D eigenvalue weighted by atomic mass is 32.1. The van der Waals surface area contributed by atoms with Gasteiger partial charge in [0.15, 0.2) is 17.0 Å². The SMILES string of the molecule is CC(C)CCNC(=O)NC(NC(=O)c1ncc(N2CCNCC2)s1)c1nc2ccccc2[nH]1. The van der Waals surface area contributed by atoms with Gasteiger partial charge in [0.25, 0.3) is 5.91 Å². The Morgan fingerprint density at radius 2 is 1.97 bits per heavy atom. The van der Waals surface area contributed by atoms with Crippen LogP contribution in [0, 0.1) is 5.92 Å². The van der Waals surface area contributed by atoms with E-state index in [1.54, 1.807) is 6.20 Å². The second-order valence-electron chi connectivity index (χ2n) is 8.37. The summed E-state index contributed by atoms with van der Waals surface area (Å²) >= 11 is 1.34. The minimum Gasteiger partial charge on any atom is -0.360 e. The molecule has 0 aliphatic carbocycles. The molecule has 0 spiro atoms. The topological polar surface area (TPSA) is 127 Å². The fraction of sp³-hybridized carbons (Fsp3) is 0.455. The van der Waals surface area contributed by atoms with Crippen molar-refractivity contribution >= 4 is 39.3 Å². The third-order valence-electron chi connectivity index (χ3n) is 5.36. The lowest BCUT2D eigenvalue weighted by molar-refractivity contribution is 0.0929. The van der Waals surface area contributed by atoms with Crippen LogP contribution in [-0.2, 0) is 0 Å². The lowest BCUT2D eigenvalue weighted by Crippen LogP contribution is -2.46. The molecule has 1 unspecified atom stereocenters. The summed E-state index contributed by atoms with van der Waals surface area (Å²) in [5.41, 5.74) is 1.58. The van der Waals surface area contributed by atoms with Crippen molar-refractivity contribution in [3.8, 4) is 0 Å². The molecule has 33 heavy (non-hydrogen) atoms. The van der Waals surface area contributed by atoms with Crippen molar-refractivity contribution in [3.05, 3.63) is 41.3 Å². The number of aromatic amines is 1. The van der Waals surface area contributed by atoms with Crippen LogP contribution in [0.2, 0.25) is 0 Å². The molecule has 11 heteroatoms. The van der Waals surface area contributed by atoms with Gasteiger partial charge in [-0.1, -0.05) is 37.3 Å². The van der Waals surface area contributed by atoms with Crippen molar-refractivity contribution in [1.82, 2.24) is 36.2 Å². The summed E-state index contributed by atoms with van der Waals surface area (Å²) in [5.74, 6) is 0.558. The van der Waals surface area contributed by atoms with Crippen LogP contribution in [0.3, 0.4) is 0 Å². The van der Waals surface area contributed by atoms with Crippen LogP contribution in [-0.4, -0.2) is 59.6 Å². The molecule has 0 saturated carbocycles. The number of hydrogen-bond acceptors (Lipinski definition) is 7. The van der Waals surface area contributed by atoms with Crippen LogP contribution in [0.5, 0.6) is 0 Å². The average molecular weight is 471 g/mol. The standard InChI is InChI=1S/C22H30N8O2S/c1-14(2)7-8-24-22(32)29-19(18-26-15-5-3-4-6-16(15)27-18)28-20(31)21-25-13-17(33-21)30-11-9-23-10-12-30/h3-6,13-14,19,23H,7-12H2,1-2H3,(H,26,27)(H,28,31)(H2,24,29,32). The number of hydrogen-bond donors (Lipinski definition) is 5. The molecule has 5 N–H and O–H groups in total. The maximum Gasteiger partial charge on any atom is 0.316 e. The van der Waals surface area contributed by atoms with E-state index in [1.165, 1.54) is 11.3 Å². The number of anilines is 1. The second-order valence-corrected chi connectivity index (χ2v) is 9.38. The Bertz CT molecular complexity index is 1060. The first-order valence-corrected chi connectivity index (χ1v) is 12.0. The van der Waals surface area contributed by atoms with Gasteiger partial charge in [0, 0.05) is 32.7 Å². The van der Waals surface area contributed by atoms with Gasteiger partial charge < -0.3 is 31.2 Å². The molecule has 1 aromatic carbocycles. The predicted molar refractivity (Wildman–Crippen MR) is 129 cm³/mol. The molecule has 1 atom stereocenters. The summed E-state index contributed by atoms with van der Waals surface area (Å²) in [6.07, 6.45) is 1.76. The Labute approximate surface area is 196 Å². The van der Waals surface area contributed by atoms with Gasteiger partial charge in [-0.15, -0.1) is 0 Å². The van der Waals surface area contributed by atoms with Gasteiger partial charge in [0.05, 0.1) is 17.2 Å². The van der Waals surface area contributed by atoms with E-state index in [2.05, 4.69) is 55.0 Å². The molecule has 4 rings (SSSR count). The van der Waals surface area contributed by atoms with E-state index in [4.69, 9.17) is 0 Å². The number of nitrogens with one attached hydrogen (secondary N) is 5. The highest BCUT2D eigenvalue weighted by Crippen LogP contribution is 2.24. The van der Waals surface area contributed by atoms with Gasteiger partial charge in [-0.25, -0.2) is 14.8 Å². The molecule has 3 aromatic rings. The maximum atomic E-state index is 13.0. The van der Waals surface area contributed by atoms with Crippen molar-refractivity contribution in [2.45, 2.75) is 26.4 Å². The highest BCUT2D eigenvalue weighted by molar-refractivity contribution is 7.17. The number of nitrogens with zero attached hydrogens (tertiary/aromatic N) is 3. The number of fused-ring (bicyclic) bond motifs is 1.